The Hall–Kier alpha value is -4.50. The topological polar surface area (TPSA) is 135 Å². The first kappa shape index (κ1) is 21.7. The zero-order chi connectivity index (χ0) is 23.5. The Bertz CT molecular complexity index is 1400. The summed E-state index contributed by atoms with van der Waals surface area (Å²) >= 11 is 6.30. The number of phenols is 1. The molecule has 2 aromatic heterocycles. The second-order valence-corrected chi connectivity index (χ2v) is 7.31. The minimum Gasteiger partial charge on any atom is -0.508 e. The molecule has 0 saturated heterocycles. The van der Waals surface area contributed by atoms with Crippen molar-refractivity contribution in [3.05, 3.63) is 83.0 Å². The van der Waals surface area contributed by atoms with Gasteiger partial charge in [0.1, 0.15) is 11.6 Å². The molecule has 2 aromatic carbocycles. The van der Waals surface area contributed by atoms with Gasteiger partial charge >= 0.3 is 0 Å². The Morgan fingerprint density at radius 2 is 1.88 bits per heavy atom. The second kappa shape index (κ2) is 8.93. The highest BCUT2D eigenvalue weighted by atomic mass is 35.5. The van der Waals surface area contributed by atoms with E-state index in [1.54, 1.807) is 48.5 Å². The maximum atomic E-state index is 13.1. The Labute approximate surface area is 193 Å². The molecule has 0 atom stereocenters. The van der Waals surface area contributed by atoms with E-state index >= 15 is 0 Å². The van der Waals surface area contributed by atoms with Crippen molar-refractivity contribution in [1.82, 2.24) is 14.8 Å². The lowest BCUT2D eigenvalue weighted by Crippen LogP contribution is -2.16. The maximum absolute atomic E-state index is 13.1. The molecule has 0 unspecified atom stereocenters. The number of hydrogen-bond acceptors (Lipinski definition) is 6. The Morgan fingerprint density at radius 3 is 2.61 bits per heavy atom. The summed E-state index contributed by atoms with van der Waals surface area (Å²) in [5.74, 6) is -0.719. The number of pyridine rings is 1. The van der Waals surface area contributed by atoms with Gasteiger partial charge in [-0.1, -0.05) is 29.8 Å². The molecule has 0 spiro atoms. The number of hydrogen-bond donors (Lipinski definition) is 3. The van der Waals surface area contributed by atoms with Crippen LogP contribution in [0, 0.1) is 0 Å². The van der Waals surface area contributed by atoms with Gasteiger partial charge in [0.15, 0.2) is 11.5 Å². The quantitative estimate of drug-likeness (QED) is 0.374. The molecule has 0 aliphatic rings. The average molecular weight is 461 g/mol. The summed E-state index contributed by atoms with van der Waals surface area (Å²) in [6.45, 7) is 3.47. The molecule has 0 bridgehead atoms. The monoisotopic (exact) mass is 460 g/mol. The molecule has 4 N–H and O–H groups in total. The number of aliphatic imine (C=N–C) groups is 1. The molecule has 0 radical (unpaired) electrons. The van der Waals surface area contributed by atoms with Gasteiger partial charge in [0, 0.05) is 17.7 Å². The smallest absolute Gasteiger partial charge is 0.269 e. The van der Waals surface area contributed by atoms with Crippen LogP contribution in [-0.2, 0) is 0 Å². The lowest BCUT2D eigenvalue weighted by atomic mass is 10.1. The van der Waals surface area contributed by atoms with E-state index in [-0.39, 0.29) is 27.8 Å². The standard InChI is InChI=1S/C23H17ClN6O3/c1-26-20-7-3-6-18(27-20)13-8-9-17(24)16(10-13)23(33)28-21-12-19(22(25)32)29-30(21)14-4-2-5-15(31)11-14/h2-12,31H,1H2,(H2,25,32)(H,28,33). The van der Waals surface area contributed by atoms with Crippen molar-refractivity contribution in [2.24, 2.45) is 10.7 Å². The van der Waals surface area contributed by atoms with Crippen molar-refractivity contribution in [2.45, 2.75) is 0 Å². The van der Waals surface area contributed by atoms with Crippen LogP contribution in [0.4, 0.5) is 11.6 Å². The molecule has 164 valence electrons. The summed E-state index contributed by atoms with van der Waals surface area (Å²) in [5, 5.41) is 16.8. The number of carbonyl (C=O) groups is 2. The number of phenolic OH excluding ortho intramolecular Hbond substituents is 1. The first-order valence-electron chi connectivity index (χ1n) is 9.60. The molecule has 2 amide bonds. The number of anilines is 1. The number of nitrogens with one attached hydrogen (secondary N) is 1. The van der Waals surface area contributed by atoms with E-state index in [2.05, 4.69) is 27.1 Å². The third-order valence-electron chi connectivity index (χ3n) is 4.68. The lowest BCUT2D eigenvalue weighted by Gasteiger charge is -2.11. The summed E-state index contributed by atoms with van der Waals surface area (Å²) in [7, 11) is 0. The number of nitrogens with zero attached hydrogens (tertiary/aromatic N) is 4. The minimum absolute atomic E-state index is 0.0135. The van der Waals surface area contributed by atoms with Gasteiger partial charge in [0.05, 0.1) is 22.0 Å². The molecular formula is C23H17ClN6O3. The van der Waals surface area contributed by atoms with Crippen LogP contribution in [0.5, 0.6) is 5.75 Å². The van der Waals surface area contributed by atoms with Gasteiger partial charge in [-0.25, -0.2) is 14.7 Å². The molecule has 0 aliphatic carbocycles. The van der Waals surface area contributed by atoms with Crippen molar-refractivity contribution in [1.29, 1.82) is 0 Å². The number of nitrogens with two attached hydrogens (primary N) is 1. The molecule has 33 heavy (non-hydrogen) atoms. The SMILES string of the molecule is C=Nc1cccc(-c2ccc(Cl)c(C(=O)Nc3cc(C(N)=O)nn3-c3cccc(O)c3)c2)n1. The minimum atomic E-state index is -0.772. The van der Waals surface area contributed by atoms with Crippen LogP contribution < -0.4 is 11.1 Å². The second-order valence-electron chi connectivity index (χ2n) is 6.90. The summed E-state index contributed by atoms with van der Waals surface area (Å²) in [6.07, 6.45) is 0. The van der Waals surface area contributed by atoms with E-state index in [1.807, 2.05) is 0 Å². The fourth-order valence-electron chi connectivity index (χ4n) is 3.13. The normalized spacial score (nSPS) is 10.6. The van der Waals surface area contributed by atoms with Gasteiger partial charge in [-0.05, 0) is 43.1 Å². The Balaban J connectivity index is 1.71. The highest BCUT2D eigenvalue weighted by Crippen LogP contribution is 2.27. The largest absolute Gasteiger partial charge is 0.508 e. The number of carbonyl (C=O) groups excluding carboxylic acids is 2. The molecule has 0 saturated carbocycles. The van der Waals surface area contributed by atoms with Crippen molar-refractivity contribution in [3.8, 4) is 22.7 Å². The lowest BCUT2D eigenvalue weighted by molar-refractivity contribution is 0.0992. The number of amides is 2. The number of benzene rings is 2. The fraction of sp³-hybridized carbons (Fsp3) is 0. The molecule has 0 aliphatic heterocycles. The van der Waals surface area contributed by atoms with Crippen LogP contribution in [0.25, 0.3) is 16.9 Å². The van der Waals surface area contributed by atoms with E-state index < -0.39 is 11.8 Å². The molecule has 4 rings (SSSR count). The Morgan fingerprint density at radius 1 is 1.09 bits per heavy atom. The summed E-state index contributed by atoms with van der Waals surface area (Å²) in [5.41, 5.74) is 7.12. The number of aromatic nitrogens is 3. The fourth-order valence-corrected chi connectivity index (χ4v) is 3.33. The molecular weight excluding hydrogens is 444 g/mol. The van der Waals surface area contributed by atoms with Crippen LogP contribution in [0.3, 0.4) is 0 Å². The summed E-state index contributed by atoms with van der Waals surface area (Å²) in [4.78, 5) is 33.0. The van der Waals surface area contributed by atoms with Crippen LogP contribution in [0.15, 0.2) is 71.7 Å². The van der Waals surface area contributed by atoms with E-state index in [9.17, 15) is 14.7 Å². The van der Waals surface area contributed by atoms with Gasteiger partial charge < -0.3 is 16.2 Å². The van der Waals surface area contributed by atoms with Crippen LogP contribution in [-0.4, -0.2) is 38.4 Å². The van der Waals surface area contributed by atoms with E-state index in [4.69, 9.17) is 17.3 Å². The van der Waals surface area contributed by atoms with Gasteiger partial charge in [-0.15, -0.1) is 0 Å². The zero-order valence-electron chi connectivity index (χ0n) is 17.1. The summed E-state index contributed by atoms with van der Waals surface area (Å²) in [6, 6.07) is 17.7. The predicted octanol–water partition coefficient (Wildman–Crippen LogP) is 3.98. The zero-order valence-corrected chi connectivity index (χ0v) is 17.8. The van der Waals surface area contributed by atoms with Crippen LogP contribution >= 0.6 is 11.6 Å². The highest BCUT2D eigenvalue weighted by molar-refractivity contribution is 6.34. The number of aromatic hydroxyl groups is 1. The third-order valence-corrected chi connectivity index (χ3v) is 5.01. The van der Waals surface area contributed by atoms with Crippen molar-refractivity contribution in [3.63, 3.8) is 0 Å². The van der Waals surface area contributed by atoms with E-state index in [1.165, 1.54) is 22.9 Å². The predicted molar refractivity (Wildman–Crippen MR) is 126 cm³/mol. The molecule has 0 fully saturated rings. The average Bonchev–Trinajstić information content (AvgIpc) is 3.23. The van der Waals surface area contributed by atoms with Gasteiger partial charge in [0.2, 0.25) is 0 Å². The first-order chi connectivity index (χ1) is 15.9. The van der Waals surface area contributed by atoms with Gasteiger partial charge in [-0.2, -0.15) is 5.10 Å². The van der Waals surface area contributed by atoms with E-state index in [0.29, 0.717) is 22.8 Å². The van der Waals surface area contributed by atoms with E-state index in [0.717, 1.165) is 0 Å². The van der Waals surface area contributed by atoms with Crippen molar-refractivity contribution < 1.29 is 14.7 Å². The molecule has 4 aromatic rings. The molecule has 10 heteroatoms. The first-order valence-corrected chi connectivity index (χ1v) is 9.98. The highest BCUT2D eigenvalue weighted by Gasteiger charge is 2.19. The number of rotatable bonds is 6. The molecule has 9 nitrogen and oxygen atoms in total. The number of primary amides is 1. The van der Waals surface area contributed by atoms with Gasteiger partial charge in [0.25, 0.3) is 11.8 Å². The molecule has 2 heterocycles. The van der Waals surface area contributed by atoms with Crippen LogP contribution in [0.2, 0.25) is 5.02 Å². The third kappa shape index (κ3) is 4.58. The van der Waals surface area contributed by atoms with Crippen molar-refractivity contribution in [2.75, 3.05) is 5.32 Å². The van der Waals surface area contributed by atoms with Gasteiger partial charge in [-0.3, -0.25) is 9.59 Å². The summed E-state index contributed by atoms with van der Waals surface area (Å²) < 4.78 is 1.29. The number of halogens is 1. The van der Waals surface area contributed by atoms with Crippen LogP contribution in [0.1, 0.15) is 20.8 Å². The maximum Gasteiger partial charge on any atom is 0.269 e. The Kier molecular flexibility index (Phi) is 5.88. The van der Waals surface area contributed by atoms with Crippen molar-refractivity contribution >= 4 is 41.8 Å².